The average Bonchev–Trinajstić information content (AvgIpc) is 3.00. The minimum Gasteiger partial charge on any atom is -0.399 e. The molecule has 0 aliphatic rings. The van der Waals surface area contributed by atoms with Gasteiger partial charge in [-0.3, -0.25) is 0 Å². The molecule has 2 heterocycles. The van der Waals surface area contributed by atoms with Crippen LogP contribution in [-0.2, 0) is 0 Å². The van der Waals surface area contributed by atoms with E-state index in [1.54, 1.807) is 23.1 Å². The quantitative estimate of drug-likeness (QED) is 0.551. The van der Waals surface area contributed by atoms with Crippen molar-refractivity contribution in [3.8, 4) is 0 Å². The normalized spacial score (nSPS) is 11.4. The number of nitrogens with zero attached hydrogens (tertiary/aromatic N) is 2. The highest BCUT2D eigenvalue weighted by Crippen LogP contribution is 2.33. The largest absolute Gasteiger partial charge is 0.399 e. The van der Waals surface area contributed by atoms with Crippen molar-refractivity contribution >= 4 is 50.0 Å². The lowest BCUT2D eigenvalue weighted by Gasteiger charge is -1.90. The number of nitrogens with one attached hydrogen (secondary N) is 1. The fraction of sp³-hybridized carbons (Fsp3) is 0. The van der Waals surface area contributed by atoms with E-state index in [2.05, 4.69) is 21.0 Å². The fourth-order valence-electron chi connectivity index (χ4n) is 2.03. The zero-order chi connectivity index (χ0) is 13.5. The molecule has 0 spiro atoms. The van der Waals surface area contributed by atoms with Crippen LogP contribution in [0.25, 0.3) is 21.3 Å². The second kappa shape index (κ2) is 4.50. The second-order valence-corrected chi connectivity index (χ2v) is 6.63. The van der Waals surface area contributed by atoms with E-state index in [1.807, 2.05) is 36.4 Å². The van der Waals surface area contributed by atoms with Crippen LogP contribution >= 0.6 is 23.1 Å². The Labute approximate surface area is 123 Å². The van der Waals surface area contributed by atoms with Gasteiger partial charge in [-0.25, -0.2) is 9.97 Å². The highest BCUT2D eigenvalue weighted by molar-refractivity contribution is 8.01. The Balaban J connectivity index is 1.72. The molecule has 98 valence electrons. The third kappa shape index (κ3) is 2.03. The summed E-state index contributed by atoms with van der Waals surface area (Å²) in [5.41, 5.74) is 9.41. The summed E-state index contributed by atoms with van der Waals surface area (Å²) in [6.45, 7) is 0. The van der Waals surface area contributed by atoms with Crippen molar-refractivity contribution in [2.24, 2.45) is 0 Å². The number of hydrogen-bond acceptors (Lipinski definition) is 5. The summed E-state index contributed by atoms with van der Waals surface area (Å²) in [7, 11) is 0. The molecule has 4 aromatic rings. The van der Waals surface area contributed by atoms with Gasteiger partial charge in [0.05, 0.1) is 21.3 Å². The number of H-pyrrole nitrogens is 1. The van der Waals surface area contributed by atoms with Crippen LogP contribution in [0.3, 0.4) is 0 Å². The van der Waals surface area contributed by atoms with Gasteiger partial charge in [0, 0.05) is 5.69 Å². The zero-order valence-electron chi connectivity index (χ0n) is 10.3. The van der Waals surface area contributed by atoms with Crippen LogP contribution in [0.1, 0.15) is 0 Å². The number of para-hydroxylation sites is 1. The Kier molecular flexibility index (Phi) is 2.64. The van der Waals surface area contributed by atoms with Gasteiger partial charge >= 0.3 is 0 Å². The first-order valence-corrected chi connectivity index (χ1v) is 7.70. The van der Waals surface area contributed by atoms with E-state index in [0.717, 1.165) is 31.7 Å². The lowest BCUT2D eigenvalue weighted by atomic mass is 10.3. The van der Waals surface area contributed by atoms with Gasteiger partial charge in [0.25, 0.3) is 0 Å². The molecular formula is C14H10N4S2. The van der Waals surface area contributed by atoms with Gasteiger partial charge in [-0.1, -0.05) is 12.1 Å². The molecule has 0 saturated carbocycles. The number of rotatable bonds is 2. The Morgan fingerprint density at radius 3 is 2.85 bits per heavy atom. The van der Waals surface area contributed by atoms with Crippen LogP contribution in [0.2, 0.25) is 0 Å². The molecule has 0 bridgehead atoms. The van der Waals surface area contributed by atoms with Crippen LogP contribution in [0.4, 0.5) is 5.69 Å². The monoisotopic (exact) mass is 298 g/mol. The van der Waals surface area contributed by atoms with E-state index >= 15 is 0 Å². The number of aromatic nitrogens is 3. The van der Waals surface area contributed by atoms with Crippen molar-refractivity contribution in [3.63, 3.8) is 0 Å². The minimum absolute atomic E-state index is 0.734. The molecule has 4 nitrogen and oxygen atoms in total. The number of aromatic amines is 1. The van der Waals surface area contributed by atoms with E-state index in [1.165, 1.54) is 4.70 Å². The summed E-state index contributed by atoms with van der Waals surface area (Å²) >= 11 is 3.22. The predicted molar refractivity (Wildman–Crippen MR) is 84.2 cm³/mol. The van der Waals surface area contributed by atoms with Gasteiger partial charge in [-0.05, 0) is 42.1 Å². The smallest absolute Gasteiger partial charge is 0.173 e. The van der Waals surface area contributed by atoms with Gasteiger partial charge < -0.3 is 10.7 Å². The third-order valence-electron chi connectivity index (χ3n) is 2.94. The molecule has 4 rings (SSSR count). The molecule has 2 aromatic carbocycles. The van der Waals surface area contributed by atoms with Gasteiger partial charge in [-0.15, -0.1) is 11.3 Å². The number of nitrogens with two attached hydrogens (primary N) is 1. The van der Waals surface area contributed by atoms with Crippen LogP contribution < -0.4 is 5.73 Å². The molecule has 20 heavy (non-hydrogen) atoms. The molecule has 0 amide bonds. The molecular weight excluding hydrogens is 288 g/mol. The van der Waals surface area contributed by atoms with Gasteiger partial charge in [-0.2, -0.15) is 0 Å². The molecule has 0 aliphatic heterocycles. The molecule has 3 N–H and O–H groups in total. The molecule has 6 heteroatoms. The number of benzene rings is 2. The van der Waals surface area contributed by atoms with E-state index in [0.29, 0.717) is 0 Å². The Hall–Kier alpha value is -2.05. The summed E-state index contributed by atoms with van der Waals surface area (Å²) in [6.07, 6.45) is 0. The van der Waals surface area contributed by atoms with E-state index in [4.69, 9.17) is 5.73 Å². The molecule has 0 unspecified atom stereocenters. The summed E-state index contributed by atoms with van der Waals surface area (Å²) < 4.78 is 2.17. The van der Waals surface area contributed by atoms with Crippen molar-refractivity contribution in [3.05, 3.63) is 42.5 Å². The Morgan fingerprint density at radius 2 is 1.95 bits per heavy atom. The van der Waals surface area contributed by atoms with Crippen molar-refractivity contribution in [1.29, 1.82) is 0 Å². The number of nitrogen functional groups attached to an aromatic ring is 1. The van der Waals surface area contributed by atoms with Crippen molar-refractivity contribution in [2.45, 2.75) is 9.50 Å². The van der Waals surface area contributed by atoms with Crippen molar-refractivity contribution < 1.29 is 0 Å². The summed E-state index contributed by atoms with van der Waals surface area (Å²) in [5, 5.41) is 0.838. The third-order valence-corrected chi connectivity index (χ3v) is 4.93. The fourth-order valence-corrected chi connectivity index (χ4v) is 4.01. The van der Waals surface area contributed by atoms with Crippen LogP contribution in [0.15, 0.2) is 52.0 Å². The number of anilines is 1. The minimum atomic E-state index is 0.734. The molecule has 0 radical (unpaired) electrons. The molecule has 0 aliphatic carbocycles. The topological polar surface area (TPSA) is 67.6 Å². The maximum Gasteiger partial charge on any atom is 0.173 e. The van der Waals surface area contributed by atoms with Gasteiger partial charge in [0.15, 0.2) is 9.50 Å². The summed E-state index contributed by atoms with van der Waals surface area (Å²) in [6, 6.07) is 13.8. The number of hydrogen-bond donors (Lipinski definition) is 2. The highest BCUT2D eigenvalue weighted by atomic mass is 32.2. The first-order valence-electron chi connectivity index (χ1n) is 6.06. The number of imidazole rings is 1. The van der Waals surface area contributed by atoms with Crippen LogP contribution in [0, 0.1) is 0 Å². The molecule has 0 fully saturated rings. The highest BCUT2D eigenvalue weighted by Gasteiger charge is 2.09. The maximum atomic E-state index is 5.77. The van der Waals surface area contributed by atoms with Gasteiger partial charge in [0.1, 0.15) is 0 Å². The number of fused-ring (bicyclic) bond motifs is 2. The lowest BCUT2D eigenvalue weighted by Crippen LogP contribution is -1.82. The first-order chi connectivity index (χ1) is 9.78. The second-order valence-electron chi connectivity index (χ2n) is 4.37. The van der Waals surface area contributed by atoms with Crippen LogP contribution in [0.5, 0.6) is 0 Å². The maximum absolute atomic E-state index is 5.77. The lowest BCUT2D eigenvalue weighted by molar-refractivity contribution is 1.08. The number of thiazole rings is 1. The summed E-state index contributed by atoms with van der Waals surface area (Å²) in [5.74, 6) is 0. The summed E-state index contributed by atoms with van der Waals surface area (Å²) in [4.78, 5) is 12.4. The van der Waals surface area contributed by atoms with Crippen LogP contribution in [-0.4, -0.2) is 15.0 Å². The zero-order valence-corrected chi connectivity index (χ0v) is 12.0. The van der Waals surface area contributed by atoms with E-state index in [9.17, 15) is 0 Å². The molecule has 2 aromatic heterocycles. The molecule has 0 saturated heterocycles. The van der Waals surface area contributed by atoms with Gasteiger partial charge in [0.2, 0.25) is 0 Å². The molecule has 0 atom stereocenters. The Bertz CT molecular complexity index is 877. The predicted octanol–water partition coefficient (Wildman–Crippen LogP) is 3.91. The first kappa shape index (κ1) is 11.7. The Morgan fingerprint density at radius 1 is 1.05 bits per heavy atom. The van der Waals surface area contributed by atoms with Crippen molar-refractivity contribution in [2.75, 3.05) is 5.73 Å². The average molecular weight is 298 g/mol. The van der Waals surface area contributed by atoms with E-state index < -0.39 is 0 Å². The standard InChI is InChI=1S/C14H10N4S2/c15-8-5-6-9-11(7-8)17-13(16-9)20-14-18-10-3-1-2-4-12(10)19-14/h1-7H,15H2,(H,16,17). The SMILES string of the molecule is Nc1ccc2nc(Sc3nc4ccccc4s3)[nH]c2c1. The van der Waals surface area contributed by atoms with E-state index in [-0.39, 0.29) is 0 Å². The van der Waals surface area contributed by atoms with Crippen molar-refractivity contribution in [1.82, 2.24) is 15.0 Å².